The molecule has 7 nitrogen and oxygen atoms in total. The van der Waals surface area contributed by atoms with Gasteiger partial charge >= 0.3 is 0 Å². The minimum absolute atomic E-state index is 0.305. The van der Waals surface area contributed by atoms with E-state index >= 15 is 0 Å². The summed E-state index contributed by atoms with van der Waals surface area (Å²) in [5.74, 6) is 2.35. The van der Waals surface area contributed by atoms with E-state index in [1.807, 2.05) is 49.5 Å². The summed E-state index contributed by atoms with van der Waals surface area (Å²) in [6.07, 6.45) is 2.24. The van der Waals surface area contributed by atoms with Gasteiger partial charge in [0.25, 0.3) is 0 Å². The van der Waals surface area contributed by atoms with Gasteiger partial charge in [-0.2, -0.15) is 5.10 Å². The zero-order chi connectivity index (χ0) is 22.2. The minimum atomic E-state index is 0.305. The molecule has 0 radical (unpaired) electrons. The van der Waals surface area contributed by atoms with Crippen molar-refractivity contribution < 1.29 is 9.26 Å². The summed E-state index contributed by atoms with van der Waals surface area (Å²) in [6, 6.07) is 22.4. The van der Waals surface area contributed by atoms with Crippen LogP contribution in [0.5, 0.6) is 11.5 Å². The Morgan fingerprint density at radius 1 is 1.03 bits per heavy atom. The Morgan fingerprint density at radius 3 is 2.61 bits per heavy atom. The number of para-hydroxylation sites is 1. The van der Waals surface area contributed by atoms with Crippen LogP contribution >= 0.6 is 0 Å². The molecule has 1 saturated heterocycles. The molecule has 0 spiro atoms. The van der Waals surface area contributed by atoms with Crippen molar-refractivity contribution in [3.8, 4) is 22.8 Å². The molecule has 1 unspecified atom stereocenters. The molecule has 2 aromatic heterocycles. The van der Waals surface area contributed by atoms with Crippen LogP contribution in [0.4, 0.5) is 5.82 Å². The molecule has 0 saturated carbocycles. The number of rotatable bonds is 5. The predicted octanol–water partition coefficient (Wildman–Crippen LogP) is 5.60. The molecule has 7 heteroatoms. The molecule has 3 aromatic carbocycles. The highest BCUT2D eigenvalue weighted by molar-refractivity contribution is 6.04. The van der Waals surface area contributed by atoms with E-state index in [4.69, 9.17) is 14.4 Å². The lowest BCUT2D eigenvalue weighted by Crippen LogP contribution is -2.32. The van der Waals surface area contributed by atoms with Crippen LogP contribution < -0.4 is 15.4 Å². The molecule has 1 aliphatic rings. The molecular weight excluding hydrogens is 414 g/mol. The van der Waals surface area contributed by atoms with E-state index in [0.717, 1.165) is 76.4 Å². The Hall–Kier alpha value is -3.84. The average molecular weight is 440 g/mol. The van der Waals surface area contributed by atoms with Crippen molar-refractivity contribution in [2.45, 2.75) is 18.9 Å². The zero-order valence-electron chi connectivity index (χ0n) is 18.4. The number of nitrogens with zero attached hydrogens (tertiary/aromatic N) is 3. The number of hydrogen-bond acceptors (Lipinski definition) is 6. The highest BCUT2D eigenvalue weighted by Crippen LogP contribution is 2.36. The first-order valence-electron chi connectivity index (χ1n) is 11.3. The molecular formula is C26H25N5O2. The second-order valence-corrected chi connectivity index (χ2v) is 8.38. The van der Waals surface area contributed by atoms with Gasteiger partial charge in [-0.1, -0.05) is 23.4 Å². The fourth-order valence-corrected chi connectivity index (χ4v) is 4.59. The van der Waals surface area contributed by atoms with Gasteiger partial charge in [-0.15, -0.1) is 0 Å². The van der Waals surface area contributed by atoms with Gasteiger partial charge in [-0.05, 0) is 61.9 Å². The predicted molar refractivity (Wildman–Crippen MR) is 130 cm³/mol. The van der Waals surface area contributed by atoms with E-state index in [1.165, 1.54) is 0 Å². The van der Waals surface area contributed by atoms with Crippen LogP contribution in [-0.2, 0) is 0 Å². The van der Waals surface area contributed by atoms with Crippen molar-refractivity contribution in [2.24, 2.45) is 0 Å². The second kappa shape index (κ2) is 8.26. The summed E-state index contributed by atoms with van der Waals surface area (Å²) >= 11 is 0. The summed E-state index contributed by atoms with van der Waals surface area (Å²) in [7, 11) is 1.85. The molecule has 5 aromatic rings. The quantitative estimate of drug-likeness (QED) is 0.371. The number of aromatic nitrogens is 3. The van der Waals surface area contributed by atoms with Crippen LogP contribution in [-0.4, -0.2) is 35.1 Å². The van der Waals surface area contributed by atoms with Crippen LogP contribution in [0.1, 0.15) is 18.9 Å². The molecule has 0 bridgehead atoms. The highest BCUT2D eigenvalue weighted by atomic mass is 16.5. The topological polar surface area (TPSA) is 77.1 Å². The smallest absolute Gasteiger partial charge is 0.177 e. The molecule has 1 atom stereocenters. The molecule has 33 heavy (non-hydrogen) atoms. The Labute approximate surface area is 191 Å². The fourth-order valence-electron chi connectivity index (χ4n) is 4.59. The molecule has 3 heterocycles. The van der Waals surface area contributed by atoms with Crippen molar-refractivity contribution in [1.82, 2.24) is 20.3 Å². The maximum Gasteiger partial charge on any atom is 0.177 e. The normalized spacial score (nSPS) is 16.3. The van der Waals surface area contributed by atoms with E-state index in [2.05, 4.69) is 44.7 Å². The molecule has 6 rings (SSSR count). The summed E-state index contributed by atoms with van der Waals surface area (Å²) in [5.41, 5.74) is 3.82. The van der Waals surface area contributed by atoms with Crippen molar-refractivity contribution in [3.05, 3.63) is 66.7 Å². The Morgan fingerprint density at radius 2 is 1.85 bits per heavy atom. The number of benzene rings is 3. The first kappa shape index (κ1) is 19.8. The Kier molecular flexibility index (Phi) is 4.96. The molecule has 2 N–H and O–H groups in total. The van der Waals surface area contributed by atoms with Gasteiger partial charge < -0.3 is 19.9 Å². The number of piperidine rings is 1. The van der Waals surface area contributed by atoms with E-state index < -0.39 is 0 Å². The summed E-state index contributed by atoms with van der Waals surface area (Å²) in [5, 5.41) is 17.9. The minimum Gasteiger partial charge on any atom is -0.457 e. The van der Waals surface area contributed by atoms with Gasteiger partial charge in [-0.25, -0.2) is 0 Å². The van der Waals surface area contributed by atoms with Crippen LogP contribution in [0, 0.1) is 0 Å². The van der Waals surface area contributed by atoms with Gasteiger partial charge in [-0.3, -0.25) is 4.68 Å². The highest BCUT2D eigenvalue weighted by Gasteiger charge is 2.23. The molecule has 1 aliphatic heterocycles. The second-order valence-electron chi connectivity index (χ2n) is 8.38. The molecule has 0 aliphatic carbocycles. The first-order chi connectivity index (χ1) is 16.3. The van der Waals surface area contributed by atoms with Gasteiger partial charge in [0.1, 0.15) is 17.2 Å². The standard InChI is InChI=1S/C26H25N5O2/c1-27-26-22-14-21-23(15-24(22)33-30-26)31(18-6-5-13-28-16-18)29-25(21)17-9-11-20(12-10-17)32-19-7-3-2-4-8-19/h2-4,7-12,14-15,18,28H,5-6,13,16H2,1H3,(H,27,30). The average Bonchev–Trinajstić information content (AvgIpc) is 3.45. The van der Waals surface area contributed by atoms with Crippen molar-refractivity contribution >= 4 is 27.7 Å². The van der Waals surface area contributed by atoms with Crippen LogP contribution in [0.25, 0.3) is 33.1 Å². The van der Waals surface area contributed by atoms with E-state index in [-0.39, 0.29) is 0 Å². The van der Waals surface area contributed by atoms with Gasteiger partial charge in [0.2, 0.25) is 0 Å². The molecule has 1 fully saturated rings. The summed E-state index contributed by atoms with van der Waals surface area (Å²) < 4.78 is 13.7. The SMILES string of the molecule is CNc1noc2cc3c(cc12)c(-c1ccc(Oc2ccccc2)cc1)nn3C1CCCNC1. The third kappa shape index (κ3) is 3.60. The maximum atomic E-state index is 5.97. The lowest BCUT2D eigenvalue weighted by atomic mass is 10.1. The summed E-state index contributed by atoms with van der Waals surface area (Å²) in [4.78, 5) is 0. The van der Waals surface area contributed by atoms with Crippen molar-refractivity contribution in [3.63, 3.8) is 0 Å². The Bertz CT molecular complexity index is 1400. The molecule has 166 valence electrons. The lowest BCUT2D eigenvalue weighted by molar-refractivity contribution is 0.355. The largest absolute Gasteiger partial charge is 0.457 e. The van der Waals surface area contributed by atoms with E-state index in [1.54, 1.807) is 0 Å². The number of ether oxygens (including phenoxy) is 1. The Balaban J connectivity index is 1.45. The van der Waals surface area contributed by atoms with Crippen LogP contribution in [0.15, 0.2) is 71.3 Å². The fraction of sp³-hybridized carbons (Fsp3) is 0.231. The van der Waals surface area contributed by atoms with Crippen LogP contribution in [0.2, 0.25) is 0 Å². The third-order valence-electron chi connectivity index (χ3n) is 6.26. The van der Waals surface area contributed by atoms with Crippen molar-refractivity contribution in [2.75, 3.05) is 25.5 Å². The van der Waals surface area contributed by atoms with Crippen LogP contribution in [0.3, 0.4) is 0 Å². The maximum absolute atomic E-state index is 5.97. The monoisotopic (exact) mass is 439 g/mol. The number of fused-ring (bicyclic) bond motifs is 2. The van der Waals surface area contributed by atoms with Gasteiger partial charge in [0.05, 0.1) is 16.9 Å². The third-order valence-corrected chi connectivity index (χ3v) is 6.26. The number of anilines is 1. The lowest BCUT2D eigenvalue weighted by Gasteiger charge is -2.23. The first-order valence-corrected chi connectivity index (χ1v) is 11.3. The summed E-state index contributed by atoms with van der Waals surface area (Å²) in [6.45, 7) is 1.97. The van der Waals surface area contributed by atoms with Gasteiger partial charge in [0.15, 0.2) is 11.4 Å². The number of nitrogens with one attached hydrogen (secondary N) is 2. The molecule has 0 amide bonds. The zero-order valence-corrected chi connectivity index (χ0v) is 18.4. The van der Waals surface area contributed by atoms with E-state index in [0.29, 0.717) is 6.04 Å². The van der Waals surface area contributed by atoms with Crippen molar-refractivity contribution in [1.29, 1.82) is 0 Å². The van der Waals surface area contributed by atoms with Gasteiger partial charge in [0, 0.05) is 30.6 Å². The number of hydrogen-bond donors (Lipinski definition) is 2. The van der Waals surface area contributed by atoms with E-state index in [9.17, 15) is 0 Å².